The largest absolute Gasteiger partial charge is 0.165 e. The summed E-state index contributed by atoms with van der Waals surface area (Å²) in [4.78, 5) is 0. The molecule has 0 N–H and O–H groups in total. The highest BCUT2D eigenvalue weighted by Crippen LogP contribution is 2.34. The van der Waals surface area contributed by atoms with Crippen molar-refractivity contribution in [3.05, 3.63) is 0 Å². The van der Waals surface area contributed by atoms with Gasteiger partial charge in [-0.05, 0) is 30.3 Å². The van der Waals surface area contributed by atoms with E-state index in [2.05, 4.69) is 36.0 Å². The molecule has 0 aromatic carbocycles. The molecule has 0 spiro atoms. The van der Waals surface area contributed by atoms with Crippen LogP contribution in [0, 0.1) is 5.41 Å². The smallest absolute Gasteiger partial charge is 0.00958 e. The maximum atomic E-state index is 3.66. The summed E-state index contributed by atoms with van der Waals surface area (Å²) in [5, 5.41) is 1.17. The molecule has 0 radical (unpaired) electrons. The Balaban J connectivity index is 4.06. The van der Waals surface area contributed by atoms with Gasteiger partial charge < -0.3 is 0 Å². The van der Waals surface area contributed by atoms with Crippen molar-refractivity contribution < 1.29 is 0 Å². The summed E-state index contributed by atoms with van der Waals surface area (Å²) in [5.41, 5.74) is 0.572. The van der Waals surface area contributed by atoms with Crippen LogP contribution in [-0.2, 0) is 0 Å². The summed E-state index contributed by atoms with van der Waals surface area (Å²) in [5.74, 6) is 1.31. The number of hydrogen-bond donors (Lipinski definition) is 0. The summed E-state index contributed by atoms with van der Waals surface area (Å²) >= 11 is 5.65. The molecule has 0 aliphatic rings. The second-order valence-corrected chi connectivity index (χ2v) is 4.99. The molecule has 0 aromatic heterocycles. The van der Waals surface area contributed by atoms with Crippen LogP contribution in [0.4, 0.5) is 0 Å². The molecule has 0 bridgehead atoms. The fraction of sp³-hybridized carbons (Fsp3) is 1.00. The Morgan fingerprint density at radius 1 is 1.17 bits per heavy atom. The van der Waals surface area contributed by atoms with Crippen molar-refractivity contribution in [2.45, 2.75) is 39.5 Å². The van der Waals surface area contributed by atoms with Gasteiger partial charge in [0, 0.05) is 5.33 Å². The Kier molecular flexibility index (Phi) is 7.76. The van der Waals surface area contributed by atoms with E-state index in [1.54, 1.807) is 0 Å². The molecule has 12 heavy (non-hydrogen) atoms. The standard InChI is InChI=1S/C10H21BrS/c1-4-6-10(8-11,7-5-2)9-12-3/h4-9H2,1-3H3. The van der Waals surface area contributed by atoms with Crippen LogP contribution in [-0.4, -0.2) is 17.3 Å². The van der Waals surface area contributed by atoms with E-state index in [0.717, 1.165) is 0 Å². The average Bonchev–Trinajstić information content (AvgIpc) is 2.06. The topological polar surface area (TPSA) is 0 Å². The minimum Gasteiger partial charge on any atom is -0.165 e. The highest BCUT2D eigenvalue weighted by atomic mass is 79.9. The van der Waals surface area contributed by atoms with Gasteiger partial charge in [0.15, 0.2) is 0 Å². The second kappa shape index (κ2) is 7.25. The van der Waals surface area contributed by atoms with Crippen LogP contribution in [0.2, 0.25) is 0 Å². The quantitative estimate of drug-likeness (QED) is 0.608. The first-order valence-corrected chi connectivity index (χ1v) is 7.31. The van der Waals surface area contributed by atoms with Crippen molar-refractivity contribution in [3.8, 4) is 0 Å². The summed E-state index contributed by atoms with van der Waals surface area (Å²) < 4.78 is 0. The van der Waals surface area contributed by atoms with Crippen LogP contribution in [0.5, 0.6) is 0 Å². The number of hydrogen-bond acceptors (Lipinski definition) is 1. The molecule has 0 aromatic rings. The first-order valence-electron chi connectivity index (χ1n) is 4.79. The molecule has 0 saturated carbocycles. The van der Waals surface area contributed by atoms with Crippen molar-refractivity contribution in [2.75, 3.05) is 17.3 Å². The lowest BCUT2D eigenvalue weighted by atomic mass is 9.83. The van der Waals surface area contributed by atoms with Gasteiger partial charge in [0.05, 0.1) is 0 Å². The Morgan fingerprint density at radius 2 is 1.67 bits per heavy atom. The molecule has 0 amide bonds. The third-order valence-electron chi connectivity index (χ3n) is 2.29. The van der Waals surface area contributed by atoms with Crippen LogP contribution in [0.25, 0.3) is 0 Å². The van der Waals surface area contributed by atoms with Gasteiger partial charge in [0.1, 0.15) is 0 Å². The van der Waals surface area contributed by atoms with E-state index in [9.17, 15) is 0 Å². The Bertz CT molecular complexity index is 87.0. The normalized spacial score (nSPS) is 12.0. The molecule has 0 aliphatic heterocycles. The molecule has 0 saturated heterocycles. The number of rotatable bonds is 7. The zero-order chi connectivity index (χ0) is 9.45. The minimum atomic E-state index is 0.572. The van der Waals surface area contributed by atoms with Gasteiger partial charge in [-0.25, -0.2) is 0 Å². The average molecular weight is 253 g/mol. The Morgan fingerprint density at radius 3 is 1.92 bits per heavy atom. The predicted molar refractivity (Wildman–Crippen MR) is 64.4 cm³/mol. The van der Waals surface area contributed by atoms with E-state index in [1.807, 2.05) is 11.8 Å². The van der Waals surface area contributed by atoms with E-state index in [4.69, 9.17) is 0 Å². The van der Waals surface area contributed by atoms with Crippen molar-refractivity contribution in [2.24, 2.45) is 5.41 Å². The minimum absolute atomic E-state index is 0.572. The fourth-order valence-electron chi connectivity index (χ4n) is 1.81. The van der Waals surface area contributed by atoms with E-state index in [0.29, 0.717) is 5.41 Å². The van der Waals surface area contributed by atoms with Crippen LogP contribution < -0.4 is 0 Å². The van der Waals surface area contributed by atoms with Crippen molar-refractivity contribution >= 4 is 27.7 Å². The fourth-order valence-corrected chi connectivity index (χ4v) is 3.83. The van der Waals surface area contributed by atoms with Crippen molar-refractivity contribution in [1.29, 1.82) is 0 Å². The molecule has 0 fully saturated rings. The van der Waals surface area contributed by atoms with Crippen LogP contribution in [0.1, 0.15) is 39.5 Å². The molecule has 0 heterocycles. The van der Waals surface area contributed by atoms with E-state index >= 15 is 0 Å². The van der Waals surface area contributed by atoms with E-state index in [-0.39, 0.29) is 0 Å². The molecule has 0 rings (SSSR count). The van der Waals surface area contributed by atoms with Crippen molar-refractivity contribution in [1.82, 2.24) is 0 Å². The summed E-state index contributed by atoms with van der Waals surface area (Å²) in [6.07, 6.45) is 7.57. The van der Waals surface area contributed by atoms with Gasteiger partial charge in [-0.3, -0.25) is 0 Å². The van der Waals surface area contributed by atoms with Crippen LogP contribution >= 0.6 is 27.7 Å². The maximum Gasteiger partial charge on any atom is 0.00958 e. The van der Waals surface area contributed by atoms with Crippen LogP contribution in [0.15, 0.2) is 0 Å². The van der Waals surface area contributed by atoms with Gasteiger partial charge in [-0.2, -0.15) is 11.8 Å². The maximum absolute atomic E-state index is 3.66. The highest BCUT2D eigenvalue weighted by molar-refractivity contribution is 9.09. The molecule has 2 heteroatoms. The number of thioether (sulfide) groups is 1. The third kappa shape index (κ3) is 4.18. The molecular formula is C10H21BrS. The first kappa shape index (κ1) is 12.8. The lowest BCUT2D eigenvalue weighted by Crippen LogP contribution is -2.25. The zero-order valence-electron chi connectivity index (χ0n) is 8.53. The summed E-state index contributed by atoms with van der Waals surface area (Å²) in [6, 6.07) is 0. The van der Waals surface area contributed by atoms with E-state index in [1.165, 1.54) is 36.8 Å². The third-order valence-corrected chi connectivity index (χ3v) is 4.39. The van der Waals surface area contributed by atoms with Gasteiger partial charge in [0.2, 0.25) is 0 Å². The molecule has 0 atom stereocenters. The molecule has 0 unspecified atom stereocenters. The lowest BCUT2D eigenvalue weighted by molar-refractivity contribution is 0.320. The molecule has 0 aliphatic carbocycles. The summed E-state index contributed by atoms with van der Waals surface area (Å²) in [7, 11) is 0. The Labute approximate surface area is 90.0 Å². The highest BCUT2D eigenvalue weighted by Gasteiger charge is 2.25. The van der Waals surface area contributed by atoms with E-state index < -0.39 is 0 Å². The van der Waals surface area contributed by atoms with Crippen LogP contribution in [0.3, 0.4) is 0 Å². The molecule has 74 valence electrons. The summed E-state index contributed by atoms with van der Waals surface area (Å²) in [6.45, 7) is 4.57. The van der Waals surface area contributed by atoms with Gasteiger partial charge in [0.25, 0.3) is 0 Å². The van der Waals surface area contributed by atoms with Gasteiger partial charge in [-0.1, -0.05) is 42.6 Å². The predicted octanol–water partition coefficient (Wildman–Crippen LogP) is 4.33. The number of halogens is 1. The zero-order valence-corrected chi connectivity index (χ0v) is 10.9. The molecule has 0 nitrogen and oxygen atoms in total. The monoisotopic (exact) mass is 252 g/mol. The second-order valence-electron chi connectivity index (χ2n) is 3.57. The Hall–Kier alpha value is 0.830. The first-order chi connectivity index (χ1) is 5.74. The van der Waals surface area contributed by atoms with Gasteiger partial charge >= 0.3 is 0 Å². The number of alkyl halides is 1. The molecular weight excluding hydrogens is 232 g/mol. The SMILES string of the molecule is CCCC(CBr)(CCC)CSC. The lowest BCUT2D eigenvalue weighted by Gasteiger charge is -2.30. The van der Waals surface area contributed by atoms with Gasteiger partial charge in [-0.15, -0.1) is 0 Å². The van der Waals surface area contributed by atoms with Crippen molar-refractivity contribution in [3.63, 3.8) is 0 Å².